The number of amides is 1. The summed E-state index contributed by atoms with van der Waals surface area (Å²) < 4.78 is 11.0. The molecule has 0 aromatic heterocycles. The minimum atomic E-state index is -0.562. The molecule has 0 atom stereocenters. The second-order valence-electron chi connectivity index (χ2n) is 7.85. The number of nitriles is 1. The topological polar surface area (TPSA) is 71.3 Å². The van der Waals surface area contributed by atoms with Gasteiger partial charge in [0.1, 0.15) is 17.6 Å². The Kier molecular flexibility index (Phi) is 7.35. The molecule has 0 saturated heterocycles. The zero-order valence-electron chi connectivity index (χ0n) is 17.9. The van der Waals surface area contributed by atoms with Gasteiger partial charge in [-0.3, -0.25) is 4.79 Å². The molecular formula is C25H30N2O3. The molecule has 1 amide bonds. The van der Waals surface area contributed by atoms with Crippen LogP contribution in [0.1, 0.15) is 63.0 Å². The summed E-state index contributed by atoms with van der Waals surface area (Å²) in [5.74, 6) is 1.32. The van der Waals surface area contributed by atoms with Gasteiger partial charge in [-0.25, -0.2) is 0 Å². The van der Waals surface area contributed by atoms with Gasteiger partial charge < -0.3 is 14.8 Å². The van der Waals surface area contributed by atoms with Crippen molar-refractivity contribution in [2.75, 3.05) is 19.0 Å². The number of nitrogens with zero attached hydrogens (tertiary/aromatic N) is 1. The van der Waals surface area contributed by atoms with Crippen molar-refractivity contribution in [2.24, 2.45) is 0 Å². The normalized spacial score (nSPS) is 15.1. The van der Waals surface area contributed by atoms with Crippen molar-refractivity contribution < 1.29 is 14.3 Å². The Morgan fingerprint density at radius 3 is 2.50 bits per heavy atom. The van der Waals surface area contributed by atoms with Crippen LogP contribution in [0.2, 0.25) is 0 Å². The molecule has 30 heavy (non-hydrogen) atoms. The third-order valence-corrected chi connectivity index (χ3v) is 5.90. The Morgan fingerprint density at radius 2 is 1.87 bits per heavy atom. The molecule has 0 bridgehead atoms. The number of unbranched alkanes of at least 4 members (excludes halogenated alkanes) is 1. The van der Waals surface area contributed by atoms with Crippen molar-refractivity contribution in [1.82, 2.24) is 0 Å². The molecule has 0 unspecified atom stereocenters. The molecule has 0 aliphatic heterocycles. The lowest BCUT2D eigenvalue weighted by Gasteiger charge is -2.36. The van der Waals surface area contributed by atoms with E-state index >= 15 is 0 Å². The standard InChI is InChI=1S/C25H30N2O3/c1-3-4-16-30-23-13-10-21(17-19(23)18-26)27-24(28)25(14-6-5-7-15-25)20-8-11-22(29-2)12-9-20/h8-13,17H,3-7,14-16H2,1-2H3,(H,27,28). The third kappa shape index (κ3) is 4.76. The highest BCUT2D eigenvalue weighted by molar-refractivity contribution is 5.99. The van der Waals surface area contributed by atoms with Crippen LogP contribution in [-0.2, 0) is 10.2 Å². The predicted octanol–water partition coefficient (Wildman–Crippen LogP) is 5.59. The lowest BCUT2D eigenvalue weighted by Crippen LogP contribution is -2.42. The van der Waals surface area contributed by atoms with Crippen molar-refractivity contribution in [2.45, 2.75) is 57.3 Å². The first-order valence-corrected chi connectivity index (χ1v) is 10.8. The summed E-state index contributed by atoms with van der Waals surface area (Å²) in [6.45, 7) is 2.68. The molecule has 1 aliphatic rings. The van der Waals surface area contributed by atoms with Gasteiger partial charge in [-0.2, -0.15) is 5.26 Å². The Bertz CT molecular complexity index is 894. The Labute approximate surface area is 179 Å². The van der Waals surface area contributed by atoms with E-state index in [0.29, 0.717) is 23.6 Å². The van der Waals surface area contributed by atoms with E-state index in [1.54, 1.807) is 19.2 Å². The van der Waals surface area contributed by atoms with Crippen molar-refractivity contribution in [3.05, 3.63) is 53.6 Å². The van der Waals surface area contributed by atoms with Crippen LogP contribution in [0, 0.1) is 11.3 Å². The number of nitrogens with one attached hydrogen (secondary N) is 1. The fourth-order valence-corrected chi connectivity index (χ4v) is 4.11. The summed E-state index contributed by atoms with van der Waals surface area (Å²) in [5, 5.41) is 12.6. The number of carbonyl (C=O) groups excluding carboxylic acids is 1. The highest BCUT2D eigenvalue weighted by Crippen LogP contribution is 2.41. The zero-order chi connectivity index (χ0) is 21.4. The number of rotatable bonds is 8. The van der Waals surface area contributed by atoms with Crippen LogP contribution >= 0.6 is 0 Å². The second kappa shape index (κ2) is 10.2. The molecule has 1 saturated carbocycles. The van der Waals surface area contributed by atoms with Gasteiger partial charge in [-0.15, -0.1) is 0 Å². The molecule has 158 valence electrons. The number of anilines is 1. The molecule has 1 aliphatic carbocycles. The summed E-state index contributed by atoms with van der Waals surface area (Å²) >= 11 is 0. The molecule has 0 heterocycles. The van der Waals surface area contributed by atoms with Crippen molar-refractivity contribution >= 4 is 11.6 Å². The molecule has 3 rings (SSSR count). The summed E-state index contributed by atoms with van der Waals surface area (Å²) in [6, 6.07) is 15.3. The van der Waals surface area contributed by atoms with Crippen LogP contribution < -0.4 is 14.8 Å². The van der Waals surface area contributed by atoms with E-state index in [4.69, 9.17) is 9.47 Å². The van der Waals surface area contributed by atoms with Gasteiger partial charge in [0.2, 0.25) is 5.91 Å². The molecular weight excluding hydrogens is 376 g/mol. The molecule has 0 spiro atoms. The maximum absolute atomic E-state index is 13.5. The maximum Gasteiger partial charge on any atom is 0.235 e. The minimum absolute atomic E-state index is 0.0177. The smallest absolute Gasteiger partial charge is 0.235 e. The van der Waals surface area contributed by atoms with Gasteiger partial charge in [0.25, 0.3) is 0 Å². The highest BCUT2D eigenvalue weighted by atomic mass is 16.5. The van der Waals surface area contributed by atoms with Gasteiger partial charge >= 0.3 is 0 Å². The first kappa shape index (κ1) is 21.7. The van der Waals surface area contributed by atoms with Crippen LogP contribution in [-0.4, -0.2) is 19.6 Å². The van der Waals surface area contributed by atoms with E-state index in [9.17, 15) is 10.1 Å². The Balaban J connectivity index is 1.83. The van der Waals surface area contributed by atoms with E-state index < -0.39 is 5.41 Å². The molecule has 0 radical (unpaired) electrons. The van der Waals surface area contributed by atoms with Crippen molar-refractivity contribution in [1.29, 1.82) is 5.26 Å². The van der Waals surface area contributed by atoms with Crippen molar-refractivity contribution in [3.8, 4) is 17.6 Å². The number of ether oxygens (including phenoxy) is 2. The molecule has 2 aromatic carbocycles. The van der Waals surface area contributed by atoms with Gasteiger partial charge in [-0.05, 0) is 55.2 Å². The highest BCUT2D eigenvalue weighted by Gasteiger charge is 2.41. The lowest BCUT2D eigenvalue weighted by atomic mass is 9.68. The molecule has 1 fully saturated rings. The van der Waals surface area contributed by atoms with Gasteiger partial charge in [-0.1, -0.05) is 44.7 Å². The molecule has 5 nitrogen and oxygen atoms in total. The number of carbonyl (C=O) groups is 1. The number of methoxy groups -OCH3 is 1. The first-order valence-electron chi connectivity index (χ1n) is 10.8. The Hall–Kier alpha value is -3.00. The van der Waals surface area contributed by atoms with Gasteiger partial charge in [0.05, 0.1) is 24.7 Å². The minimum Gasteiger partial charge on any atom is -0.497 e. The Morgan fingerprint density at radius 1 is 1.13 bits per heavy atom. The fraction of sp³-hybridized carbons (Fsp3) is 0.440. The second-order valence-corrected chi connectivity index (χ2v) is 7.85. The van der Waals surface area contributed by atoms with E-state index in [1.807, 2.05) is 30.3 Å². The van der Waals surface area contributed by atoms with Crippen LogP contribution in [0.5, 0.6) is 11.5 Å². The summed E-state index contributed by atoms with van der Waals surface area (Å²) in [5.41, 5.74) is 1.51. The summed E-state index contributed by atoms with van der Waals surface area (Å²) in [4.78, 5) is 13.5. The van der Waals surface area contributed by atoms with E-state index in [1.165, 1.54) is 0 Å². The quantitative estimate of drug-likeness (QED) is 0.580. The average Bonchev–Trinajstić information content (AvgIpc) is 2.80. The molecule has 5 heteroatoms. The first-order chi connectivity index (χ1) is 14.6. The largest absolute Gasteiger partial charge is 0.497 e. The van der Waals surface area contributed by atoms with E-state index in [-0.39, 0.29) is 5.91 Å². The average molecular weight is 407 g/mol. The van der Waals surface area contributed by atoms with Crippen LogP contribution in [0.3, 0.4) is 0 Å². The number of hydrogen-bond acceptors (Lipinski definition) is 4. The predicted molar refractivity (Wildman–Crippen MR) is 118 cm³/mol. The number of hydrogen-bond donors (Lipinski definition) is 1. The summed E-state index contributed by atoms with van der Waals surface area (Å²) in [7, 11) is 1.64. The van der Waals surface area contributed by atoms with E-state index in [2.05, 4.69) is 18.3 Å². The van der Waals surface area contributed by atoms with Gasteiger partial charge in [0, 0.05) is 5.69 Å². The molecule has 1 N–H and O–H groups in total. The van der Waals surface area contributed by atoms with Crippen LogP contribution in [0.15, 0.2) is 42.5 Å². The van der Waals surface area contributed by atoms with Crippen LogP contribution in [0.4, 0.5) is 5.69 Å². The van der Waals surface area contributed by atoms with Crippen molar-refractivity contribution in [3.63, 3.8) is 0 Å². The van der Waals surface area contributed by atoms with Crippen LogP contribution in [0.25, 0.3) is 0 Å². The summed E-state index contributed by atoms with van der Waals surface area (Å²) in [6.07, 6.45) is 6.79. The molecule has 2 aromatic rings. The maximum atomic E-state index is 13.5. The fourth-order valence-electron chi connectivity index (χ4n) is 4.11. The van der Waals surface area contributed by atoms with E-state index in [0.717, 1.165) is 56.3 Å². The SMILES string of the molecule is CCCCOc1ccc(NC(=O)C2(c3ccc(OC)cc3)CCCCC2)cc1C#N. The zero-order valence-corrected chi connectivity index (χ0v) is 17.9. The third-order valence-electron chi connectivity index (χ3n) is 5.90. The monoisotopic (exact) mass is 406 g/mol. The lowest BCUT2D eigenvalue weighted by molar-refractivity contribution is -0.122. The number of benzene rings is 2. The van der Waals surface area contributed by atoms with Gasteiger partial charge in [0.15, 0.2) is 0 Å².